The van der Waals surface area contributed by atoms with Gasteiger partial charge in [0.25, 0.3) is 17.2 Å². The van der Waals surface area contributed by atoms with Crippen molar-refractivity contribution in [3.63, 3.8) is 0 Å². The minimum atomic E-state index is -0.551. The lowest BCUT2D eigenvalue weighted by Gasteiger charge is -2.06. The number of aromatic nitrogens is 4. The van der Waals surface area contributed by atoms with Gasteiger partial charge < -0.3 is 5.32 Å². The molecule has 0 atom stereocenters. The van der Waals surface area contributed by atoms with E-state index >= 15 is 0 Å². The van der Waals surface area contributed by atoms with Gasteiger partial charge in [-0.2, -0.15) is 9.50 Å². The van der Waals surface area contributed by atoms with E-state index in [9.17, 15) is 19.7 Å². The van der Waals surface area contributed by atoms with Crippen LogP contribution in [-0.4, -0.2) is 30.4 Å². The van der Waals surface area contributed by atoms with Gasteiger partial charge >= 0.3 is 0 Å². The summed E-state index contributed by atoms with van der Waals surface area (Å²) < 4.78 is 1.33. The third-order valence-electron chi connectivity index (χ3n) is 3.45. The van der Waals surface area contributed by atoms with Crippen LogP contribution >= 0.6 is 0 Å². The van der Waals surface area contributed by atoms with Gasteiger partial charge in [-0.05, 0) is 12.1 Å². The summed E-state index contributed by atoms with van der Waals surface area (Å²) in [6, 6.07) is 6.32. The number of H-pyrrole nitrogens is 1. The molecule has 1 amide bonds. The van der Waals surface area contributed by atoms with Crippen molar-refractivity contribution >= 4 is 23.2 Å². The van der Waals surface area contributed by atoms with Crippen LogP contribution < -0.4 is 10.9 Å². The molecule has 0 aliphatic rings. The summed E-state index contributed by atoms with van der Waals surface area (Å²) in [6.45, 7) is 3.81. The largest absolute Gasteiger partial charge is 0.306 e. The van der Waals surface area contributed by atoms with E-state index in [4.69, 9.17) is 0 Å². The van der Waals surface area contributed by atoms with Crippen LogP contribution in [0.5, 0.6) is 0 Å². The Labute approximate surface area is 140 Å². The van der Waals surface area contributed by atoms with E-state index < -0.39 is 16.4 Å². The van der Waals surface area contributed by atoms with Gasteiger partial charge in [-0.3, -0.25) is 24.7 Å². The van der Waals surface area contributed by atoms with E-state index in [1.54, 1.807) is 0 Å². The Morgan fingerprint density at radius 1 is 1.32 bits per heavy atom. The first-order valence-electron chi connectivity index (χ1n) is 7.41. The average Bonchev–Trinajstić information content (AvgIpc) is 2.99. The number of non-ortho nitro benzene ring substituents is 1. The summed E-state index contributed by atoms with van der Waals surface area (Å²) in [5.74, 6) is 0.411. The van der Waals surface area contributed by atoms with Gasteiger partial charge in [0.1, 0.15) is 5.82 Å². The zero-order valence-corrected chi connectivity index (χ0v) is 13.4. The van der Waals surface area contributed by atoms with Crippen molar-refractivity contribution in [2.75, 3.05) is 5.32 Å². The van der Waals surface area contributed by atoms with Crippen LogP contribution in [0.2, 0.25) is 0 Å². The number of nitro benzene ring substituents is 1. The molecule has 0 radical (unpaired) electrons. The summed E-state index contributed by atoms with van der Waals surface area (Å²) in [5, 5.41) is 17.5. The Kier molecular flexibility index (Phi) is 4.01. The van der Waals surface area contributed by atoms with Crippen molar-refractivity contribution in [2.45, 2.75) is 19.8 Å². The first-order valence-corrected chi connectivity index (χ1v) is 7.41. The number of benzene rings is 1. The number of fused-ring (bicyclic) bond motifs is 1. The topological polar surface area (TPSA) is 135 Å². The second-order valence-electron chi connectivity index (χ2n) is 5.64. The van der Waals surface area contributed by atoms with E-state index in [2.05, 4.69) is 20.4 Å². The number of nitrogens with zero attached hydrogens (tertiary/aromatic N) is 4. The van der Waals surface area contributed by atoms with Crippen LogP contribution in [0.25, 0.3) is 5.78 Å². The van der Waals surface area contributed by atoms with Crippen molar-refractivity contribution in [1.82, 2.24) is 19.6 Å². The first-order chi connectivity index (χ1) is 11.8. The first kappa shape index (κ1) is 16.3. The molecule has 128 valence electrons. The van der Waals surface area contributed by atoms with Crippen LogP contribution in [-0.2, 0) is 0 Å². The number of hydrogen-bond donors (Lipinski definition) is 2. The molecule has 2 N–H and O–H groups in total. The van der Waals surface area contributed by atoms with Crippen LogP contribution in [0.3, 0.4) is 0 Å². The van der Waals surface area contributed by atoms with Gasteiger partial charge in [-0.15, -0.1) is 5.10 Å². The number of rotatable bonds is 4. The molecule has 3 rings (SSSR count). The van der Waals surface area contributed by atoms with Crippen molar-refractivity contribution in [2.24, 2.45) is 0 Å². The van der Waals surface area contributed by atoms with Crippen LogP contribution in [0, 0.1) is 10.1 Å². The normalized spacial score (nSPS) is 11.0. The summed E-state index contributed by atoms with van der Waals surface area (Å²) in [4.78, 5) is 41.0. The standard InChI is InChI=1S/C15H14N6O4/c1-8(2)13-18-15-17-12(22)7-11(20(15)19-13)16-14(23)9-3-5-10(6-4-9)21(24)25/h3-8H,1-2H3,(H,16,23)(H,17,18,19,22). The molecule has 3 aromatic rings. The summed E-state index contributed by atoms with van der Waals surface area (Å²) in [5.41, 5.74) is -0.342. The molecule has 0 fully saturated rings. The maximum atomic E-state index is 12.3. The number of amides is 1. The number of aromatic amines is 1. The Balaban J connectivity index is 1.95. The zero-order valence-electron chi connectivity index (χ0n) is 13.4. The summed E-state index contributed by atoms with van der Waals surface area (Å²) in [6.07, 6.45) is 0. The van der Waals surface area contributed by atoms with Gasteiger partial charge in [0, 0.05) is 29.7 Å². The lowest BCUT2D eigenvalue weighted by molar-refractivity contribution is -0.384. The van der Waals surface area contributed by atoms with Crippen LogP contribution in [0.4, 0.5) is 11.5 Å². The monoisotopic (exact) mass is 342 g/mol. The molecule has 0 saturated carbocycles. The maximum absolute atomic E-state index is 12.3. The smallest absolute Gasteiger partial charge is 0.269 e. The van der Waals surface area contributed by atoms with Crippen molar-refractivity contribution in [1.29, 1.82) is 0 Å². The molecule has 1 aromatic carbocycles. The summed E-state index contributed by atoms with van der Waals surface area (Å²) in [7, 11) is 0. The van der Waals surface area contributed by atoms with Gasteiger partial charge in [-0.1, -0.05) is 13.8 Å². The van der Waals surface area contributed by atoms with Crippen molar-refractivity contribution in [3.8, 4) is 0 Å². The molecule has 10 nitrogen and oxygen atoms in total. The van der Waals surface area contributed by atoms with E-state index in [0.717, 1.165) is 0 Å². The number of anilines is 1. The van der Waals surface area contributed by atoms with E-state index in [1.807, 2.05) is 13.8 Å². The predicted molar refractivity (Wildman–Crippen MR) is 88.7 cm³/mol. The third kappa shape index (κ3) is 3.22. The Bertz CT molecular complexity index is 1020. The van der Waals surface area contributed by atoms with Gasteiger partial charge in [-0.25, -0.2) is 0 Å². The molecule has 0 spiro atoms. The Hall–Kier alpha value is -3.56. The van der Waals surface area contributed by atoms with Crippen LogP contribution in [0.1, 0.15) is 35.9 Å². The maximum Gasteiger partial charge on any atom is 0.269 e. The zero-order chi connectivity index (χ0) is 18.1. The number of carbonyl (C=O) groups is 1. The minimum absolute atomic E-state index is 0.0432. The highest BCUT2D eigenvalue weighted by molar-refractivity contribution is 6.04. The quantitative estimate of drug-likeness (QED) is 0.547. The fourth-order valence-corrected chi connectivity index (χ4v) is 2.17. The third-order valence-corrected chi connectivity index (χ3v) is 3.45. The van der Waals surface area contributed by atoms with E-state index in [-0.39, 0.29) is 28.8 Å². The fourth-order valence-electron chi connectivity index (χ4n) is 2.17. The lowest BCUT2D eigenvalue weighted by atomic mass is 10.2. The molecule has 0 bridgehead atoms. The Morgan fingerprint density at radius 2 is 2.00 bits per heavy atom. The minimum Gasteiger partial charge on any atom is -0.306 e. The lowest BCUT2D eigenvalue weighted by Crippen LogP contribution is -2.18. The molecule has 2 heterocycles. The predicted octanol–water partition coefficient (Wildman–Crippen LogP) is 1.70. The number of carbonyl (C=O) groups excluding carboxylic acids is 1. The second kappa shape index (κ2) is 6.15. The van der Waals surface area contributed by atoms with Gasteiger partial charge in [0.05, 0.1) is 4.92 Å². The highest BCUT2D eigenvalue weighted by Crippen LogP contribution is 2.15. The molecule has 2 aromatic heterocycles. The fraction of sp³-hybridized carbons (Fsp3) is 0.200. The molecular formula is C15H14N6O4. The molecule has 0 saturated heterocycles. The highest BCUT2D eigenvalue weighted by Gasteiger charge is 2.15. The van der Waals surface area contributed by atoms with Crippen LogP contribution in [0.15, 0.2) is 35.1 Å². The van der Waals surface area contributed by atoms with Crippen molar-refractivity contribution < 1.29 is 9.72 Å². The highest BCUT2D eigenvalue weighted by atomic mass is 16.6. The van der Waals surface area contributed by atoms with E-state index in [0.29, 0.717) is 5.82 Å². The Morgan fingerprint density at radius 3 is 2.60 bits per heavy atom. The molecular weight excluding hydrogens is 328 g/mol. The SMILES string of the molecule is CC(C)c1nc2[nH]c(=O)cc(NC(=O)c3ccc([N+](=O)[O-])cc3)n2n1. The van der Waals surface area contributed by atoms with Crippen molar-refractivity contribution in [3.05, 3.63) is 62.2 Å². The molecule has 25 heavy (non-hydrogen) atoms. The molecule has 10 heteroatoms. The van der Waals surface area contributed by atoms with Gasteiger partial charge in [0.2, 0.25) is 5.78 Å². The molecule has 0 aliphatic heterocycles. The summed E-state index contributed by atoms with van der Waals surface area (Å²) >= 11 is 0. The average molecular weight is 342 g/mol. The van der Waals surface area contributed by atoms with Gasteiger partial charge in [0.15, 0.2) is 5.82 Å². The number of hydrogen-bond acceptors (Lipinski definition) is 6. The second-order valence-corrected chi connectivity index (χ2v) is 5.64. The number of nitrogens with one attached hydrogen (secondary N) is 2. The molecule has 0 unspecified atom stereocenters. The number of nitro groups is 1. The van der Waals surface area contributed by atoms with E-state index in [1.165, 1.54) is 34.8 Å². The molecule has 0 aliphatic carbocycles.